The Morgan fingerprint density at radius 1 is 1.56 bits per heavy atom. The fraction of sp³-hybridized carbons (Fsp3) is 0.727. The molecular formula is C11H18N4O. The van der Waals surface area contributed by atoms with Gasteiger partial charge in [-0.3, -0.25) is 4.68 Å². The van der Waals surface area contributed by atoms with Crippen LogP contribution < -0.4 is 10.6 Å². The van der Waals surface area contributed by atoms with Crippen molar-refractivity contribution in [2.75, 3.05) is 30.4 Å². The van der Waals surface area contributed by atoms with E-state index in [0.717, 1.165) is 44.1 Å². The van der Waals surface area contributed by atoms with Crippen LogP contribution in [0.25, 0.3) is 0 Å². The van der Waals surface area contributed by atoms with Gasteiger partial charge in [0.25, 0.3) is 0 Å². The Kier molecular flexibility index (Phi) is 2.10. The molecule has 1 spiro atoms. The van der Waals surface area contributed by atoms with Crippen LogP contribution in [0.3, 0.4) is 0 Å². The van der Waals surface area contributed by atoms with Crippen LogP contribution in [0.1, 0.15) is 19.0 Å². The van der Waals surface area contributed by atoms with Gasteiger partial charge in [-0.05, 0) is 12.8 Å². The summed E-state index contributed by atoms with van der Waals surface area (Å²) in [4.78, 5) is 0. The van der Waals surface area contributed by atoms with E-state index >= 15 is 0 Å². The summed E-state index contributed by atoms with van der Waals surface area (Å²) in [5.41, 5.74) is 2.38. The first-order chi connectivity index (χ1) is 7.74. The minimum atomic E-state index is 0.0752. The second-order valence-corrected chi connectivity index (χ2v) is 4.71. The molecule has 0 aliphatic carbocycles. The number of ether oxygens (including phenoxy) is 1. The zero-order valence-corrected chi connectivity index (χ0v) is 9.84. The van der Waals surface area contributed by atoms with Gasteiger partial charge in [-0.1, -0.05) is 6.92 Å². The van der Waals surface area contributed by atoms with E-state index in [0.29, 0.717) is 0 Å². The summed E-state index contributed by atoms with van der Waals surface area (Å²) >= 11 is 0. The van der Waals surface area contributed by atoms with Gasteiger partial charge < -0.3 is 15.4 Å². The summed E-state index contributed by atoms with van der Waals surface area (Å²) < 4.78 is 7.42. The number of nitrogens with zero attached hydrogens (tertiary/aromatic N) is 2. The summed E-state index contributed by atoms with van der Waals surface area (Å²) in [6.07, 6.45) is 2.02. The van der Waals surface area contributed by atoms with E-state index in [1.165, 1.54) is 5.69 Å². The predicted octanol–water partition coefficient (Wildman–Crippen LogP) is 0.979. The van der Waals surface area contributed by atoms with Crippen LogP contribution in [-0.4, -0.2) is 35.1 Å². The van der Waals surface area contributed by atoms with Crippen LogP contribution in [-0.2, 0) is 18.2 Å². The summed E-state index contributed by atoms with van der Waals surface area (Å²) in [6, 6.07) is 0. The number of hydrogen-bond acceptors (Lipinski definition) is 4. The van der Waals surface area contributed by atoms with Gasteiger partial charge in [0, 0.05) is 20.2 Å². The van der Waals surface area contributed by atoms with Crippen molar-refractivity contribution >= 4 is 11.5 Å². The van der Waals surface area contributed by atoms with E-state index in [1.807, 2.05) is 11.7 Å². The van der Waals surface area contributed by atoms with Crippen molar-refractivity contribution in [3.8, 4) is 0 Å². The van der Waals surface area contributed by atoms with Crippen molar-refractivity contribution in [3.63, 3.8) is 0 Å². The molecule has 16 heavy (non-hydrogen) atoms. The molecule has 2 aliphatic rings. The van der Waals surface area contributed by atoms with Crippen molar-refractivity contribution in [3.05, 3.63) is 5.69 Å². The topological polar surface area (TPSA) is 51.1 Å². The van der Waals surface area contributed by atoms with E-state index < -0.39 is 0 Å². The Balaban J connectivity index is 1.96. The predicted molar refractivity (Wildman–Crippen MR) is 62.9 cm³/mol. The molecule has 0 radical (unpaired) electrons. The van der Waals surface area contributed by atoms with Gasteiger partial charge in [0.15, 0.2) is 0 Å². The van der Waals surface area contributed by atoms with Crippen LogP contribution >= 0.6 is 0 Å². The monoisotopic (exact) mass is 222 g/mol. The average molecular weight is 222 g/mol. The highest BCUT2D eigenvalue weighted by Gasteiger charge is 2.39. The summed E-state index contributed by atoms with van der Waals surface area (Å²) in [6.45, 7) is 4.70. The summed E-state index contributed by atoms with van der Waals surface area (Å²) in [7, 11) is 1.99. The van der Waals surface area contributed by atoms with Crippen LogP contribution in [0.4, 0.5) is 11.5 Å². The number of hydrogen-bond donors (Lipinski definition) is 2. The molecule has 88 valence electrons. The maximum Gasteiger partial charge on any atom is 0.148 e. The number of aromatic nitrogens is 2. The second-order valence-electron chi connectivity index (χ2n) is 4.71. The fourth-order valence-corrected chi connectivity index (χ4v) is 2.55. The highest BCUT2D eigenvalue weighted by Crippen LogP contribution is 2.36. The van der Waals surface area contributed by atoms with E-state index in [-0.39, 0.29) is 5.54 Å². The Labute approximate surface area is 95.2 Å². The van der Waals surface area contributed by atoms with Crippen molar-refractivity contribution in [1.29, 1.82) is 0 Å². The Morgan fingerprint density at radius 2 is 2.44 bits per heavy atom. The molecule has 1 aromatic heterocycles. The third-order valence-corrected chi connectivity index (χ3v) is 3.55. The third-order valence-electron chi connectivity index (χ3n) is 3.55. The largest absolute Gasteiger partial charge is 0.379 e. The van der Waals surface area contributed by atoms with E-state index in [9.17, 15) is 0 Å². The number of aryl methyl sites for hydroxylation is 2. The maximum absolute atomic E-state index is 5.49. The zero-order valence-electron chi connectivity index (χ0n) is 9.84. The Hall–Kier alpha value is -1.23. The quantitative estimate of drug-likeness (QED) is 0.743. The number of anilines is 2. The van der Waals surface area contributed by atoms with Crippen molar-refractivity contribution in [1.82, 2.24) is 9.78 Å². The first-order valence-corrected chi connectivity index (χ1v) is 5.90. The summed E-state index contributed by atoms with van der Waals surface area (Å²) in [5, 5.41) is 11.6. The molecule has 1 atom stereocenters. The minimum absolute atomic E-state index is 0.0752. The molecule has 0 saturated carbocycles. The normalized spacial score (nSPS) is 27.6. The molecule has 0 aromatic carbocycles. The van der Waals surface area contributed by atoms with Crippen molar-refractivity contribution in [2.45, 2.75) is 25.3 Å². The molecule has 0 bridgehead atoms. The van der Waals surface area contributed by atoms with Crippen LogP contribution in [0.15, 0.2) is 0 Å². The first kappa shape index (κ1) is 9.96. The number of rotatable bonds is 1. The van der Waals surface area contributed by atoms with Gasteiger partial charge in [-0.25, -0.2) is 0 Å². The van der Waals surface area contributed by atoms with E-state index in [1.54, 1.807) is 0 Å². The molecule has 3 rings (SSSR count). The molecule has 2 aliphatic heterocycles. The molecule has 5 heteroatoms. The molecule has 3 heterocycles. The van der Waals surface area contributed by atoms with Gasteiger partial charge in [0.05, 0.1) is 17.8 Å². The van der Waals surface area contributed by atoms with Crippen LogP contribution in [0, 0.1) is 0 Å². The molecule has 1 fully saturated rings. The lowest BCUT2D eigenvalue weighted by Crippen LogP contribution is -2.48. The van der Waals surface area contributed by atoms with Gasteiger partial charge in [0.1, 0.15) is 11.5 Å². The lowest BCUT2D eigenvalue weighted by molar-refractivity contribution is 0.183. The minimum Gasteiger partial charge on any atom is -0.379 e. The molecular weight excluding hydrogens is 204 g/mol. The Bertz CT molecular complexity index is 406. The molecule has 1 unspecified atom stereocenters. The molecule has 0 amide bonds. The highest BCUT2D eigenvalue weighted by molar-refractivity contribution is 5.71. The molecule has 1 saturated heterocycles. The standard InChI is InChI=1S/C11H18N4O/c1-3-8-9-10(15(2)14-8)13-11(6-12-9)4-5-16-7-11/h12-13H,3-7H2,1-2H3. The second kappa shape index (κ2) is 3.38. The van der Waals surface area contributed by atoms with Crippen molar-refractivity contribution < 1.29 is 4.74 Å². The molecule has 1 aromatic rings. The first-order valence-electron chi connectivity index (χ1n) is 5.90. The van der Waals surface area contributed by atoms with Gasteiger partial charge >= 0.3 is 0 Å². The lowest BCUT2D eigenvalue weighted by Gasteiger charge is -2.35. The van der Waals surface area contributed by atoms with Gasteiger partial charge in [-0.15, -0.1) is 0 Å². The smallest absolute Gasteiger partial charge is 0.148 e. The summed E-state index contributed by atoms with van der Waals surface area (Å²) in [5.74, 6) is 1.11. The molecule has 5 nitrogen and oxygen atoms in total. The van der Waals surface area contributed by atoms with E-state index in [2.05, 4.69) is 22.7 Å². The lowest BCUT2D eigenvalue weighted by atomic mass is 9.96. The zero-order chi connectivity index (χ0) is 11.2. The van der Waals surface area contributed by atoms with Gasteiger partial charge in [-0.2, -0.15) is 5.10 Å². The van der Waals surface area contributed by atoms with Crippen LogP contribution in [0.5, 0.6) is 0 Å². The maximum atomic E-state index is 5.49. The van der Waals surface area contributed by atoms with Crippen molar-refractivity contribution in [2.24, 2.45) is 7.05 Å². The average Bonchev–Trinajstić information content (AvgIpc) is 2.86. The number of nitrogens with one attached hydrogen (secondary N) is 2. The molecule has 2 N–H and O–H groups in total. The number of fused-ring (bicyclic) bond motifs is 1. The van der Waals surface area contributed by atoms with E-state index in [4.69, 9.17) is 4.74 Å². The van der Waals surface area contributed by atoms with Crippen LogP contribution in [0.2, 0.25) is 0 Å². The SMILES string of the molecule is CCc1nn(C)c2c1NCC1(CCOC1)N2. The Morgan fingerprint density at radius 3 is 3.12 bits per heavy atom. The highest BCUT2D eigenvalue weighted by atomic mass is 16.5. The van der Waals surface area contributed by atoms with Gasteiger partial charge in [0.2, 0.25) is 0 Å². The fourth-order valence-electron chi connectivity index (χ4n) is 2.55. The third kappa shape index (κ3) is 1.31.